The van der Waals surface area contributed by atoms with E-state index in [4.69, 9.17) is 4.98 Å². The highest BCUT2D eigenvalue weighted by atomic mass is 19.1. The molecule has 0 aliphatic rings. The van der Waals surface area contributed by atoms with Crippen molar-refractivity contribution in [2.45, 2.75) is 32.7 Å². The van der Waals surface area contributed by atoms with Gasteiger partial charge in [-0.2, -0.15) is 0 Å². The summed E-state index contributed by atoms with van der Waals surface area (Å²) in [4.78, 5) is 20.3. The molecule has 4 nitrogen and oxygen atoms in total. The smallest absolute Gasteiger partial charge is 0.262 e. The first kappa shape index (κ1) is 20.8. The Morgan fingerprint density at radius 3 is 2.35 bits per heavy atom. The zero-order valence-electron chi connectivity index (χ0n) is 18.0. The lowest BCUT2D eigenvalue weighted by atomic mass is 10.0. The standard InChI is InChI=1S/C26H26FN3O/c1-4-8-25(19-9-6-5-7-10-19)30-18(2)28-24-16-15-22(17-23(24)26(30)31)29(3)21-13-11-20(27)12-14-21/h5-7,9-17,25H,4,8H2,1-3H3. The lowest BCUT2D eigenvalue weighted by molar-refractivity contribution is 0.502. The van der Waals surface area contributed by atoms with Crippen LogP contribution in [0.25, 0.3) is 10.9 Å². The highest BCUT2D eigenvalue weighted by Crippen LogP contribution is 2.28. The second-order valence-electron chi connectivity index (χ2n) is 7.79. The van der Waals surface area contributed by atoms with Crippen molar-refractivity contribution in [2.24, 2.45) is 0 Å². The number of aromatic nitrogens is 2. The Bertz CT molecular complexity index is 1250. The van der Waals surface area contributed by atoms with Gasteiger partial charge in [0.1, 0.15) is 11.6 Å². The number of hydrogen-bond donors (Lipinski definition) is 0. The zero-order chi connectivity index (χ0) is 22.0. The summed E-state index contributed by atoms with van der Waals surface area (Å²) in [5, 5.41) is 0.578. The second-order valence-corrected chi connectivity index (χ2v) is 7.79. The van der Waals surface area contributed by atoms with Gasteiger partial charge in [-0.15, -0.1) is 0 Å². The van der Waals surface area contributed by atoms with Crippen molar-refractivity contribution in [1.29, 1.82) is 0 Å². The van der Waals surface area contributed by atoms with Crippen molar-refractivity contribution in [3.05, 3.63) is 100 Å². The predicted octanol–water partition coefficient (Wildman–Crippen LogP) is 6.00. The number of anilines is 2. The molecule has 1 heterocycles. The first-order valence-electron chi connectivity index (χ1n) is 10.6. The van der Waals surface area contributed by atoms with E-state index in [9.17, 15) is 9.18 Å². The van der Waals surface area contributed by atoms with E-state index in [0.717, 1.165) is 29.8 Å². The van der Waals surface area contributed by atoms with E-state index in [-0.39, 0.29) is 17.4 Å². The molecular formula is C26H26FN3O. The van der Waals surface area contributed by atoms with Crippen LogP contribution in [0.3, 0.4) is 0 Å². The average molecular weight is 416 g/mol. The van der Waals surface area contributed by atoms with Crippen LogP contribution >= 0.6 is 0 Å². The third kappa shape index (κ3) is 4.08. The summed E-state index contributed by atoms with van der Waals surface area (Å²) in [7, 11) is 1.90. The van der Waals surface area contributed by atoms with Crippen molar-refractivity contribution in [3.8, 4) is 0 Å². The van der Waals surface area contributed by atoms with Gasteiger partial charge in [0.05, 0.1) is 16.9 Å². The monoisotopic (exact) mass is 415 g/mol. The average Bonchev–Trinajstić information content (AvgIpc) is 2.79. The molecular weight excluding hydrogens is 389 g/mol. The summed E-state index contributed by atoms with van der Waals surface area (Å²) in [5.41, 5.74) is 3.43. The van der Waals surface area contributed by atoms with Gasteiger partial charge in [-0.05, 0) is 61.4 Å². The fourth-order valence-electron chi connectivity index (χ4n) is 4.08. The molecule has 0 amide bonds. The molecule has 4 rings (SSSR count). The number of nitrogens with zero attached hydrogens (tertiary/aromatic N) is 3. The molecule has 0 spiro atoms. The quantitative estimate of drug-likeness (QED) is 0.388. The summed E-state index contributed by atoms with van der Waals surface area (Å²) in [6.45, 7) is 4.02. The predicted molar refractivity (Wildman–Crippen MR) is 125 cm³/mol. The maximum atomic E-state index is 13.6. The Morgan fingerprint density at radius 1 is 1.00 bits per heavy atom. The van der Waals surface area contributed by atoms with Gasteiger partial charge in [0.25, 0.3) is 5.56 Å². The Labute approximate surface area is 181 Å². The number of hydrogen-bond acceptors (Lipinski definition) is 3. The van der Waals surface area contributed by atoms with Crippen molar-refractivity contribution in [3.63, 3.8) is 0 Å². The van der Waals surface area contributed by atoms with Crippen LogP contribution in [0.15, 0.2) is 77.6 Å². The van der Waals surface area contributed by atoms with Gasteiger partial charge >= 0.3 is 0 Å². The molecule has 1 unspecified atom stereocenters. The van der Waals surface area contributed by atoms with Crippen LogP contribution in [-0.2, 0) is 0 Å². The van der Waals surface area contributed by atoms with Gasteiger partial charge in [0, 0.05) is 18.4 Å². The van der Waals surface area contributed by atoms with E-state index < -0.39 is 0 Å². The van der Waals surface area contributed by atoms with Gasteiger partial charge in [0.15, 0.2) is 0 Å². The zero-order valence-corrected chi connectivity index (χ0v) is 18.0. The summed E-state index contributed by atoms with van der Waals surface area (Å²) in [6.07, 6.45) is 1.81. The normalized spacial score (nSPS) is 12.1. The van der Waals surface area contributed by atoms with Crippen molar-refractivity contribution >= 4 is 22.3 Å². The number of fused-ring (bicyclic) bond motifs is 1. The Hall–Kier alpha value is -3.47. The minimum Gasteiger partial charge on any atom is -0.345 e. The topological polar surface area (TPSA) is 38.1 Å². The third-order valence-corrected chi connectivity index (χ3v) is 5.72. The molecule has 31 heavy (non-hydrogen) atoms. The molecule has 0 bridgehead atoms. The number of benzene rings is 3. The minimum atomic E-state index is -0.277. The van der Waals surface area contributed by atoms with Gasteiger partial charge < -0.3 is 4.90 Å². The summed E-state index contributed by atoms with van der Waals surface area (Å²) in [5.74, 6) is 0.431. The van der Waals surface area contributed by atoms with Crippen molar-refractivity contribution in [1.82, 2.24) is 9.55 Å². The van der Waals surface area contributed by atoms with E-state index in [0.29, 0.717) is 16.7 Å². The second kappa shape index (κ2) is 8.72. The SMILES string of the molecule is CCCC(c1ccccc1)n1c(C)nc2ccc(N(C)c3ccc(F)cc3)cc2c1=O. The maximum absolute atomic E-state index is 13.6. The summed E-state index contributed by atoms with van der Waals surface area (Å²) >= 11 is 0. The third-order valence-electron chi connectivity index (χ3n) is 5.72. The molecule has 1 aromatic heterocycles. The van der Waals surface area contributed by atoms with Crippen molar-refractivity contribution in [2.75, 3.05) is 11.9 Å². The molecule has 0 aliphatic carbocycles. The molecule has 0 saturated carbocycles. The van der Waals surface area contributed by atoms with E-state index >= 15 is 0 Å². The van der Waals surface area contributed by atoms with E-state index in [1.54, 1.807) is 12.1 Å². The van der Waals surface area contributed by atoms with Gasteiger partial charge in [-0.3, -0.25) is 9.36 Å². The number of rotatable bonds is 6. The molecule has 0 fully saturated rings. The van der Waals surface area contributed by atoms with Gasteiger partial charge in [-0.1, -0.05) is 43.7 Å². The minimum absolute atomic E-state index is 0.0424. The first-order valence-corrected chi connectivity index (χ1v) is 10.6. The molecule has 0 aliphatic heterocycles. The van der Waals surface area contributed by atoms with Gasteiger partial charge in [0.2, 0.25) is 0 Å². The Morgan fingerprint density at radius 2 is 1.68 bits per heavy atom. The van der Waals surface area contributed by atoms with Gasteiger partial charge in [-0.25, -0.2) is 9.37 Å². The fraction of sp³-hybridized carbons (Fsp3) is 0.231. The Balaban J connectivity index is 1.84. The Kier molecular flexibility index (Phi) is 5.85. The molecule has 5 heteroatoms. The molecule has 3 aromatic carbocycles. The fourth-order valence-corrected chi connectivity index (χ4v) is 4.08. The lowest BCUT2D eigenvalue weighted by Crippen LogP contribution is -2.29. The van der Waals surface area contributed by atoms with Crippen LogP contribution < -0.4 is 10.5 Å². The first-order chi connectivity index (χ1) is 15.0. The highest BCUT2D eigenvalue weighted by Gasteiger charge is 2.19. The summed E-state index contributed by atoms with van der Waals surface area (Å²) in [6, 6.07) is 22.0. The molecule has 0 N–H and O–H groups in total. The molecule has 0 radical (unpaired) electrons. The highest BCUT2D eigenvalue weighted by molar-refractivity contribution is 5.83. The van der Waals surface area contributed by atoms with E-state index in [2.05, 4.69) is 19.1 Å². The van der Waals surface area contributed by atoms with Crippen LogP contribution in [0.4, 0.5) is 15.8 Å². The number of aryl methyl sites for hydroxylation is 1. The van der Waals surface area contributed by atoms with E-state index in [1.165, 1.54) is 12.1 Å². The van der Waals surface area contributed by atoms with Crippen LogP contribution in [0, 0.1) is 12.7 Å². The number of halogens is 1. The molecule has 1 atom stereocenters. The largest absolute Gasteiger partial charge is 0.345 e. The lowest BCUT2D eigenvalue weighted by Gasteiger charge is -2.23. The maximum Gasteiger partial charge on any atom is 0.262 e. The van der Waals surface area contributed by atoms with Crippen LogP contribution in [-0.4, -0.2) is 16.6 Å². The van der Waals surface area contributed by atoms with Crippen LogP contribution in [0.5, 0.6) is 0 Å². The van der Waals surface area contributed by atoms with Crippen LogP contribution in [0.2, 0.25) is 0 Å². The van der Waals surface area contributed by atoms with Crippen molar-refractivity contribution < 1.29 is 4.39 Å². The molecule has 158 valence electrons. The molecule has 4 aromatic rings. The molecule has 0 saturated heterocycles. The summed E-state index contributed by atoms with van der Waals surface area (Å²) < 4.78 is 15.1. The van der Waals surface area contributed by atoms with Crippen LogP contribution in [0.1, 0.15) is 37.2 Å². The van der Waals surface area contributed by atoms with E-state index in [1.807, 2.05) is 59.8 Å².